The van der Waals surface area contributed by atoms with Gasteiger partial charge in [-0.25, -0.2) is 20.0 Å². The van der Waals surface area contributed by atoms with Crippen LogP contribution in [-0.2, 0) is 4.84 Å². The Morgan fingerprint density at radius 2 is 1.78 bits per heavy atom. The van der Waals surface area contributed by atoms with Crippen LogP contribution < -0.4 is 9.96 Å². The van der Waals surface area contributed by atoms with Crippen LogP contribution in [0.3, 0.4) is 0 Å². The minimum absolute atomic E-state index is 0. The smallest absolute Gasteiger partial charge is 0.250 e. The summed E-state index contributed by atoms with van der Waals surface area (Å²) in [5.74, 6) is 1.20. The summed E-state index contributed by atoms with van der Waals surface area (Å²) in [7, 11) is 3.31. The summed E-state index contributed by atoms with van der Waals surface area (Å²) < 4.78 is 0. The topological polar surface area (TPSA) is 67.3 Å². The van der Waals surface area contributed by atoms with Crippen LogP contribution in [0.15, 0.2) is 6.20 Å². The van der Waals surface area contributed by atoms with E-state index in [0.29, 0.717) is 17.0 Å². The van der Waals surface area contributed by atoms with Gasteiger partial charge in [0.25, 0.3) is 0 Å². The molecule has 128 valence electrons. The van der Waals surface area contributed by atoms with Crippen molar-refractivity contribution in [3.05, 3.63) is 11.5 Å². The van der Waals surface area contributed by atoms with Gasteiger partial charge in [0, 0.05) is 20.1 Å². The Hall–Kier alpha value is -1.44. The van der Waals surface area contributed by atoms with E-state index in [2.05, 4.69) is 38.7 Å². The van der Waals surface area contributed by atoms with Gasteiger partial charge in [-0.15, -0.1) is 12.4 Å². The standard InChI is InChI=1S/C14H21ClN6O.ClH/c1-5-7-21(8-6-2)12-11-10(17-13(15)19-12)9-16-14(18-11)20(3)22-4;/h9H,5-8H2,1-4H3;1H. The summed E-state index contributed by atoms with van der Waals surface area (Å²) in [6.45, 7) is 6.03. The number of halogens is 2. The number of hydrogen-bond acceptors (Lipinski definition) is 7. The second kappa shape index (κ2) is 9.00. The predicted octanol–water partition coefficient (Wildman–Crippen LogP) is 3.12. The van der Waals surface area contributed by atoms with E-state index in [4.69, 9.17) is 16.4 Å². The van der Waals surface area contributed by atoms with Gasteiger partial charge in [-0.3, -0.25) is 4.84 Å². The lowest BCUT2D eigenvalue weighted by Crippen LogP contribution is -2.27. The minimum Gasteiger partial charge on any atom is -0.355 e. The molecule has 0 saturated carbocycles. The summed E-state index contributed by atoms with van der Waals surface area (Å²) in [5, 5.41) is 1.69. The molecule has 2 aromatic heterocycles. The van der Waals surface area contributed by atoms with Crippen LogP contribution in [0.25, 0.3) is 11.0 Å². The van der Waals surface area contributed by atoms with Crippen molar-refractivity contribution in [1.29, 1.82) is 0 Å². The van der Waals surface area contributed by atoms with Gasteiger partial charge in [0.1, 0.15) is 11.0 Å². The van der Waals surface area contributed by atoms with Crippen molar-refractivity contribution < 1.29 is 4.84 Å². The third-order valence-electron chi connectivity index (χ3n) is 3.22. The first-order chi connectivity index (χ1) is 10.6. The van der Waals surface area contributed by atoms with Crippen LogP contribution in [0, 0.1) is 0 Å². The van der Waals surface area contributed by atoms with E-state index in [1.807, 2.05) is 0 Å². The maximum absolute atomic E-state index is 6.06. The lowest BCUT2D eigenvalue weighted by molar-refractivity contribution is 0.180. The number of hydroxylamine groups is 1. The van der Waals surface area contributed by atoms with Gasteiger partial charge in [0.2, 0.25) is 11.2 Å². The normalized spacial score (nSPS) is 10.5. The summed E-state index contributed by atoms with van der Waals surface area (Å²) in [6.07, 6.45) is 3.67. The second-order valence-electron chi connectivity index (χ2n) is 4.89. The molecular weight excluding hydrogens is 339 g/mol. The zero-order valence-corrected chi connectivity index (χ0v) is 15.4. The number of fused-ring (bicyclic) bond motifs is 1. The molecule has 0 fully saturated rings. The molecule has 0 aliphatic carbocycles. The maximum atomic E-state index is 6.06. The molecule has 0 atom stereocenters. The maximum Gasteiger partial charge on any atom is 0.250 e. The van der Waals surface area contributed by atoms with Crippen LogP contribution >= 0.6 is 24.0 Å². The van der Waals surface area contributed by atoms with Crippen molar-refractivity contribution in [2.75, 3.05) is 37.2 Å². The molecule has 0 saturated heterocycles. The lowest BCUT2D eigenvalue weighted by Gasteiger charge is -2.23. The van der Waals surface area contributed by atoms with Crippen LogP contribution in [0.4, 0.5) is 11.8 Å². The molecule has 0 aliphatic heterocycles. The van der Waals surface area contributed by atoms with Gasteiger partial charge in [-0.2, -0.15) is 4.98 Å². The summed E-state index contributed by atoms with van der Waals surface area (Å²) in [6, 6.07) is 0. The van der Waals surface area contributed by atoms with Crippen LogP contribution in [0.1, 0.15) is 26.7 Å². The third-order valence-corrected chi connectivity index (χ3v) is 3.39. The summed E-state index contributed by atoms with van der Waals surface area (Å²) in [4.78, 5) is 24.7. The van der Waals surface area contributed by atoms with Gasteiger partial charge < -0.3 is 4.90 Å². The second-order valence-corrected chi connectivity index (χ2v) is 5.23. The van der Waals surface area contributed by atoms with Crippen LogP contribution in [0.5, 0.6) is 0 Å². The van der Waals surface area contributed by atoms with E-state index in [-0.39, 0.29) is 17.7 Å². The molecule has 0 N–H and O–H groups in total. The summed E-state index contributed by atoms with van der Waals surface area (Å²) in [5.41, 5.74) is 1.31. The van der Waals surface area contributed by atoms with Crippen LogP contribution in [0.2, 0.25) is 5.28 Å². The highest BCUT2D eigenvalue weighted by Gasteiger charge is 2.16. The number of anilines is 2. The highest BCUT2D eigenvalue weighted by molar-refractivity contribution is 6.28. The Morgan fingerprint density at radius 1 is 1.13 bits per heavy atom. The molecular formula is C14H22Cl2N6O. The first kappa shape index (κ1) is 19.6. The minimum atomic E-state index is 0. The Kier molecular flexibility index (Phi) is 7.67. The largest absolute Gasteiger partial charge is 0.355 e. The van der Waals surface area contributed by atoms with Crippen molar-refractivity contribution >= 4 is 46.8 Å². The lowest BCUT2D eigenvalue weighted by atomic mass is 10.3. The van der Waals surface area contributed by atoms with E-state index in [0.717, 1.165) is 31.7 Å². The first-order valence-electron chi connectivity index (χ1n) is 7.33. The third kappa shape index (κ3) is 4.53. The fourth-order valence-electron chi connectivity index (χ4n) is 2.19. The molecule has 2 rings (SSSR count). The molecule has 0 aliphatic rings. The molecule has 0 radical (unpaired) electrons. The van der Waals surface area contributed by atoms with E-state index in [1.54, 1.807) is 20.4 Å². The average molecular weight is 361 g/mol. The van der Waals surface area contributed by atoms with Gasteiger partial charge in [-0.1, -0.05) is 13.8 Å². The molecule has 0 bridgehead atoms. The Morgan fingerprint density at radius 3 is 2.35 bits per heavy atom. The van der Waals surface area contributed by atoms with Crippen molar-refractivity contribution in [1.82, 2.24) is 19.9 Å². The van der Waals surface area contributed by atoms with Crippen molar-refractivity contribution in [3.8, 4) is 0 Å². The van der Waals surface area contributed by atoms with Gasteiger partial charge in [-0.05, 0) is 24.4 Å². The highest BCUT2D eigenvalue weighted by Crippen LogP contribution is 2.25. The van der Waals surface area contributed by atoms with Crippen molar-refractivity contribution in [3.63, 3.8) is 0 Å². The van der Waals surface area contributed by atoms with E-state index in [1.165, 1.54) is 5.06 Å². The zero-order chi connectivity index (χ0) is 16.1. The molecule has 23 heavy (non-hydrogen) atoms. The average Bonchev–Trinajstić information content (AvgIpc) is 2.52. The van der Waals surface area contributed by atoms with E-state index < -0.39 is 0 Å². The zero-order valence-electron chi connectivity index (χ0n) is 13.8. The fraction of sp³-hybridized carbons (Fsp3) is 0.571. The molecule has 9 heteroatoms. The van der Waals surface area contributed by atoms with Crippen LogP contribution in [-0.4, -0.2) is 47.2 Å². The van der Waals surface area contributed by atoms with Gasteiger partial charge in [0.15, 0.2) is 5.82 Å². The Bertz CT molecular complexity index is 636. The molecule has 2 aromatic rings. The molecule has 0 spiro atoms. The SMILES string of the molecule is CCCN(CCC)c1nc(Cl)nc2cnc(N(C)OC)nc12.Cl. The molecule has 0 aromatic carbocycles. The molecule has 2 heterocycles. The van der Waals surface area contributed by atoms with Gasteiger partial charge >= 0.3 is 0 Å². The highest BCUT2D eigenvalue weighted by atomic mass is 35.5. The van der Waals surface area contributed by atoms with E-state index in [9.17, 15) is 0 Å². The molecule has 7 nitrogen and oxygen atoms in total. The Labute approximate surface area is 147 Å². The monoisotopic (exact) mass is 360 g/mol. The Balaban J connectivity index is 0.00000264. The first-order valence-corrected chi connectivity index (χ1v) is 7.71. The van der Waals surface area contributed by atoms with E-state index >= 15 is 0 Å². The number of rotatable bonds is 7. The fourth-order valence-corrected chi connectivity index (χ4v) is 2.37. The quantitative estimate of drug-likeness (QED) is 0.554. The number of nitrogens with zero attached hydrogens (tertiary/aromatic N) is 6. The number of aromatic nitrogens is 4. The summed E-state index contributed by atoms with van der Waals surface area (Å²) >= 11 is 6.06. The number of hydrogen-bond donors (Lipinski definition) is 0. The molecule has 0 amide bonds. The van der Waals surface area contributed by atoms with Crippen molar-refractivity contribution in [2.45, 2.75) is 26.7 Å². The predicted molar refractivity (Wildman–Crippen MR) is 95.6 cm³/mol. The molecule has 0 unspecified atom stereocenters. The van der Waals surface area contributed by atoms with Crippen molar-refractivity contribution in [2.24, 2.45) is 0 Å². The van der Waals surface area contributed by atoms with Gasteiger partial charge in [0.05, 0.1) is 13.3 Å².